The average molecular weight is 484 g/mol. The Labute approximate surface area is 180 Å². The zero-order valence-corrected chi connectivity index (χ0v) is 18.1. The zero-order valence-electron chi connectivity index (χ0n) is 17.3. The van der Waals surface area contributed by atoms with E-state index in [0.717, 1.165) is 35.2 Å². The lowest BCUT2D eigenvalue weighted by Gasteiger charge is -2.27. The van der Waals surface area contributed by atoms with Crippen molar-refractivity contribution < 1.29 is 40.3 Å². The van der Waals surface area contributed by atoms with Crippen LogP contribution in [0.1, 0.15) is 17.0 Å². The quantitative estimate of drug-likeness (QED) is 0.669. The van der Waals surface area contributed by atoms with Gasteiger partial charge >= 0.3 is 12.1 Å². The lowest BCUT2D eigenvalue weighted by atomic mass is 10.1. The predicted molar refractivity (Wildman–Crippen MR) is 102 cm³/mol. The van der Waals surface area contributed by atoms with Crippen molar-refractivity contribution in [3.8, 4) is 0 Å². The van der Waals surface area contributed by atoms with Crippen LogP contribution in [0.5, 0.6) is 0 Å². The van der Waals surface area contributed by atoms with E-state index in [-0.39, 0.29) is 18.0 Å². The molecular formula is C18H21F5N4O4S. The van der Waals surface area contributed by atoms with Crippen LogP contribution in [-0.4, -0.2) is 65.3 Å². The molecule has 32 heavy (non-hydrogen) atoms. The van der Waals surface area contributed by atoms with E-state index in [2.05, 4.69) is 5.10 Å². The van der Waals surface area contributed by atoms with E-state index in [4.69, 9.17) is 9.90 Å². The second-order valence-electron chi connectivity index (χ2n) is 7.20. The Morgan fingerprint density at radius 1 is 1.22 bits per heavy atom. The maximum Gasteiger partial charge on any atom is 0.490 e. The highest BCUT2D eigenvalue weighted by Crippen LogP contribution is 2.27. The van der Waals surface area contributed by atoms with Gasteiger partial charge in [-0.2, -0.15) is 22.6 Å². The van der Waals surface area contributed by atoms with Crippen LogP contribution in [0.2, 0.25) is 0 Å². The number of benzene rings is 1. The van der Waals surface area contributed by atoms with Gasteiger partial charge in [0, 0.05) is 25.7 Å². The van der Waals surface area contributed by atoms with Crippen molar-refractivity contribution in [3.05, 3.63) is 46.8 Å². The van der Waals surface area contributed by atoms with E-state index < -0.39 is 33.8 Å². The van der Waals surface area contributed by atoms with Gasteiger partial charge in [-0.15, -0.1) is 0 Å². The number of hydrogen-bond acceptors (Lipinski definition) is 5. The highest BCUT2D eigenvalue weighted by molar-refractivity contribution is 7.89. The molecule has 0 radical (unpaired) electrons. The molecule has 8 nitrogen and oxygen atoms in total. The van der Waals surface area contributed by atoms with Crippen molar-refractivity contribution in [2.45, 2.75) is 30.6 Å². The summed E-state index contributed by atoms with van der Waals surface area (Å²) in [6.07, 6.45) is -4.55. The normalized spacial score (nSPS) is 14.7. The molecule has 0 fully saturated rings. The van der Waals surface area contributed by atoms with Gasteiger partial charge in [-0.1, -0.05) is 0 Å². The Morgan fingerprint density at radius 3 is 2.31 bits per heavy atom. The molecular weight excluding hydrogens is 463 g/mol. The van der Waals surface area contributed by atoms with Gasteiger partial charge in [0.05, 0.1) is 22.8 Å². The van der Waals surface area contributed by atoms with Crippen molar-refractivity contribution in [1.29, 1.82) is 0 Å². The number of carboxylic acid groups (broad SMARTS) is 1. The maximum absolute atomic E-state index is 13.4. The van der Waals surface area contributed by atoms with Gasteiger partial charge in [0.15, 0.2) is 11.6 Å². The number of aromatic nitrogens is 2. The zero-order chi connectivity index (χ0) is 24.4. The standard InChI is InChI=1S/C16H20F2N4O2S.C2HF3O2/c1-20(2)9-15-12-6-7-22(10-16(12)21(3)19-15)25(23,24)11-4-5-13(17)14(18)8-11;3-2(4,5)1(6)7/h4-5,8H,6-7,9-10H2,1-3H3;(H,6,7). The van der Waals surface area contributed by atoms with Crippen molar-refractivity contribution in [2.24, 2.45) is 7.05 Å². The molecule has 1 aromatic heterocycles. The highest BCUT2D eigenvalue weighted by atomic mass is 32.2. The Bertz CT molecular complexity index is 1100. The molecule has 0 saturated heterocycles. The lowest BCUT2D eigenvalue weighted by molar-refractivity contribution is -0.192. The molecule has 2 aromatic rings. The van der Waals surface area contributed by atoms with Crippen molar-refractivity contribution >= 4 is 16.0 Å². The van der Waals surface area contributed by atoms with E-state index >= 15 is 0 Å². The number of aliphatic carboxylic acids is 1. The van der Waals surface area contributed by atoms with Crippen LogP contribution >= 0.6 is 0 Å². The predicted octanol–water partition coefficient (Wildman–Crippen LogP) is 2.14. The van der Waals surface area contributed by atoms with Crippen LogP contribution in [0.25, 0.3) is 0 Å². The van der Waals surface area contributed by atoms with Crippen LogP contribution < -0.4 is 0 Å². The molecule has 1 N–H and O–H groups in total. The fourth-order valence-electron chi connectivity index (χ4n) is 3.05. The average Bonchev–Trinajstić information content (AvgIpc) is 2.98. The third-order valence-corrected chi connectivity index (χ3v) is 6.37. The first-order valence-corrected chi connectivity index (χ1v) is 10.5. The number of alkyl halides is 3. The number of fused-ring (bicyclic) bond motifs is 1. The smallest absolute Gasteiger partial charge is 0.475 e. The van der Waals surface area contributed by atoms with Crippen molar-refractivity contribution in [1.82, 2.24) is 19.0 Å². The van der Waals surface area contributed by atoms with Crippen LogP contribution in [0.4, 0.5) is 22.0 Å². The summed E-state index contributed by atoms with van der Waals surface area (Å²) in [5.41, 5.74) is 2.83. The summed E-state index contributed by atoms with van der Waals surface area (Å²) in [6, 6.07) is 2.64. The van der Waals surface area contributed by atoms with Gasteiger partial charge in [-0.25, -0.2) is 22.0 Å². The summed E-state index contributed by atoms with van der Waals surface area (Å²) >= 11 is 0. The van der Waals surface area contributed by atoms with Crippen LogP contribution in [0.15, 0.2) is 23.1 Å². The molecule has 1 aromatic carbocycles. The number of halogens is 5. The van der Waals surface area contributed by atoms with Crippen molar-refractivity contribution in [3.63, 3.8) is 0 Å². The number of carbonyl (C=O) groups is 1. The minimum atomic E-state index is -5.08. The Balaban J connectivity index is 0.000000451. The van der Waals surface area contributed by atoms with Gasteiger partial charge in [0.2, 0.25) is 10.0 Å². The summed E-state index contributed by atoms with van der Waals surface area (Å²) in [4.78, 5) is 10.7. The van der Waals surface area contributed by atoms with Gasteiger partial charge in [-0.3, -0.25) is 4.68 Å². The molecule has 0 saturated carbocycles. The second-order valence-corrected chi connectivity index (χ2v) is 9.14. The summed E-state index contributed by atoms with van der Waals surface area (Å²) in [5, 5.41) is 11.6. The second kappa shape index (κ2) is 9.50. The van der Waals surface area contributed by atoms with E-state index in [1.165, 1.54) is 4.31 Å². The van der Waals surface area contributed by atoms with Gasteiger partial charge in [-0.05, 0) is 38.7 Å². The topological polar surface area (TPSA) is 95.7 Å². The number of hydrogen-bond donors (Lipinski definition) is 1. The minimum Gasteiger partial charge on any atom is -0.475 e. The fourth-order valence-corrected chi connectivity index (χ4v) is 4.47. The minimum absolute atomic E-state index is 0.160. The summed E-state index contributed by atoms with van der Waals surface area (Å²) in [6.45, 7) is 1.12. The third kappa shape index (κ3) is 5.81. The molecule has 1 aliphatic heterocycles. The van der Waals surface area contributed by atoms with E-state index in [1.54, 1.807) is 11.7 Å². The number of rotatable bonds is 4. The van der Waals surface area contributed by atoms with Crippen molar-refractivity contribution in [2.75, 3.05) is 20.6 Å². The van der Waals surface area contributed by atoms with Crippen LogP contribution in [0.3, 0.4) is 0 Å². The van der Waals surface area contributed by atoms with Crippen LogP contribution in [0, 0.1) is 11.6 Å². The number of nitrogens with zero attached hydrogens (tertiary/aromatic N) is 4. The molecule has 0 aliphatic carbocycles. The SMILES string of the molecule is CN(C)Cc1nn(C)c2c1CCN(S(=O)(=O)c1ccc(F)c(F)c1)C2.O=C(O)C(F)(F)F. The van der Waals surface area contributed by atoms with Crippen LogP contribution in [-0.2, 0) is 41.4 Å². The largest absolute Gasteiger partial charge is 0.490 e. The van der Waals surface area contributed by atoms with Gasteiger partial charge in [0.1, 0.15) is 0 Å². The fraction of sp³-hybridized carbons (Fsp3) is 0.444. The first-order valence-electron chi connectivity index (χ1n) is 9.08. The molecule has 1 aliphatic rings. The number of aryl methyl sites for hydroxylation is 1. The monoisotopic (exact) mass is 484 g/mol. The number of carboxylic acids is 1. The van der Waals surface area contributed by atoms with Gasteiger partial charge < -0.3 is 10.0 Å². The van der Waals surface area contributed by atoms with E-state index in [1.807, 2.05) is 19.0 Å². The third-order valence-electron chi connectivity index (χ3n) is 4.53. The number of sulfonamides is 1. The van der Waals surface area contributed by atoms with E-state index in [0.29, 0.717) is 13.0 Å². The highest BCUT2D eigenvalue weighted by Gasteiger charge is 2.38. The molecule has 3 rings (SSSR count). The Hall–Kier alpha value is -2.58. The molecule has 2 heterocycles. The molecule has 14 heteroatoms. The molecule has 0 amide bonds. The molecule has 0 unspecified atom stereocenters. The molecule has 178 valence electrons. The van der Waals surface area contributed by atoms with Gasteiger partial charge in [0.25, 0.3) is 0 Å². The Morgan fingerprint density at radius 2 is 1.81 bits per heavy atom. The summed E-state index contributed by atoms with van der Waals surface area (Å²) < 4.78 is 86.7. The summed E-state index contributed by atoms with van der Waals surface area (Å²) in [7, 11) is 1.78. The maximum atomic E-state index is 13.4. The first kappa shape index (κ1) is 25.7. The molecule has 0 spiro atoms. The molecule has 0 atom stereocenters. The van der Waals surface area contributed by atoms with E-state index in [9.17, 15) is 30.4 Å². The summed E-state index contributed by atoms with van der Waals surface area (Å²) in [5.74, 6) is -5.00. The lowest BCUT2D eigenvalue weighted by Crippen LogP contribution is -2.36. The molecule has 0 bridgehead atoms. The first-order chi connectivity index (χ1) is 14.6. The Kier molecular flexibility index (Phi) is 7.63.